The molecule has 1 heterocycles. The van der Waals surface area contributed by atoms with E-state index in [0.29, 0.717) is 5.01 Å². The Hall–Kier alpha value is -1.68. The number of thiazole rings is 1. The fraction of sp³-hybridized carbons (Fsp3) is 0.273. The van der Waals surface area contributed by atoms with Crippen LogP contribution in [0.1, 0.15) is 22.3 Å². The molecule has 1 aromatic carbocycles. The first-order valence-electron chi connectivity index (χ1n) is 5.45. The molecular formula is C11H8F3NO4S2. The van der Waals surface area contributed by atoms with E-state index in [-0.39, 0.29) is 21.6 Å². The van der Waals surface area contributed by atoms with Crippen LogP contribution in [0.3, 0.4) is 0 Å². The van der Waals surface area contributed by atoms with Crippen LogP contribution >= 0.6 is 11.3 Å². The Bertz CT molecular complexity index is 824. The Morgan fingerprint density at radius 1 is 1.33 bits per heavy atom. The van der Waals surface area contributed by atoms with Crippen molar-refractivity contribution in [1.82, 2.24) is 4.98 Å². The molecule has 1 aromatic heterocycles. The van der Waals surface area contributed by atoms with Crippen LogP contribution in [0.25, 0.3) is 10.2 Å². The highest BCUT2D eigenvalue weighted by Gasteiger charge is 2.48. The van der Waals surface area contributed by atoms with E-state index in [1.54, 1.807) is 6.92 Å². The summed E-state index contributed by atoms with van der Waals surface area (Å²) in [5, 5.41) is 0.466. The van der Waals surface area contributed by atoms with Gasteiger partial charge in [0.1, 0.15) is 5.52 Å². The van der Waals surface area contributed by atoms with Gasteiger partial charge in [0.05, 0.1) is 9.71 Å². The maximum absolute atomic E-state index is 12.3. The molecule has 10 heteroatoms. The quantitative estimate of drug-likeness (QED) is 0.488. The zero-order valence-electron chi connectivity index (χ0n) is 10.7. The summed E-state index contributed by atoms with van der Waals surface area (Å²) in [6.07, 6.45) is 0. The number of carbonyl (C=O) groups excluding carboxylic acids is 1. The smallest absolute Gasteiger partial charge is 0.374 e. The molecule has 0 radical (unpaired) electrons. The molecule has 0 saturated carbocycles. The zero-order chi connectivity index (χ0) is 16.0. The third-order valence-electron chi connectivity index (χ3n) is 2.48. The third-order valence-corrected chi connectivity index (χ3v) is 4.45. The van der Waals surface area contributed by atoms with Crippen molar-refractivity contribution < 1.29 is 30.6 Å². The topological polar surface area (TPSA) is 73.3 Å². The number of aryl methyl sites for hydroxylation is 1. The molecule has 0 spiro atoms. The van der Waals surface area contributed by atoms with Crippen molar-refractivity contribution in [2.45, 2.75) is 19.4 Å². The molecule has 0 aliphatic heterocycles. The molecule has 0 bridgehead atoms. The van der Waals surface area contributed by atoms with Crippen molar-refractivity contribution in [3.63, 3.8) is 0 Å². The van der Waals surface area contributed by atoms with Gasteiger partial charge in [0.25, 0.3) is 0 Å². The number of hydrogen-bond acceptors (Lipinski definition) is 6. The molecule has 114 valence electrons. The molecule has 0 aliphatic rings. The summed E-state index contributed by atoms with van der Waals surface area (Å²) in [5.41, 5.74) is -5.38. The summed E-state index contributed by atoms with van der Waals surface area (Å²) in [5.74, 6) is -0.870. The maximum atomic E-state index is 12.3. The lowest BCUT2D eigenvalue weighted by atomic mass is 10.1. The van der Waals surface area contributed by atoms with Crippen LogP contribution in [-0.2, 0) is 10.1 Å². The maximum Gasteiger partial charge on any atom is 0.534 e. The molecule has 0 aliphatic carbocycles. The molecule has 0 fully saturated rings. The van der Waals surface area contributed by atoms with Gasteiger partial charge in [0.15, 0.2) is 11.5 Å². The summed E-state index contributed by atoms with van der Waals surface area (Å²) in [4.78, 5) is 15.4. The monoisotopic (exact) mass is 339 g/mol. The minimum atomic E-state index is -5.79. The Balaban J connectivity index is 2.63. The van der Waals surface area contributed by atoms with E-state index in [0.717, 1.165) is 17.4 Å². The van der Waals surface area contributed by atoms with Crippen LogP contribution < -0.4 is 4.18 Å². The molecule has 21 heavy (non-hydrogen) atoms. The van der Waals surface area contributed by atoms with Crippen LogP contribution in [0.4, 0.5) is 13.2 Å². The van der Waals surface area contributed by atoms with Gasteiger partial charge in [-0.05, 0) is 26.0 Å². The second-order valence-corrected chi connectivity index (χ2v) is 6.80. The molecule has 0 amide bonds. The fourth-order valence-electron chi connectivity index (χ4n) is 1.60. The lowest BCUT2D eigenvalue weighted by Crippen LogP contribution is -2.28. The predicted molar refractivity (Wildman–Crippen MR) is 70.0 cm³/mol. The standard InChI is InChI=1S/C11H8F3NO4S2/c1-5(16)7-3-4-8(9-10(7)20-6(2)15-9)19-21(17,18)11(12,13)14/h3-4H,1-2H3. The molecule has 0 unspecified atom stereocenters. The summed E-state index contributed by atoms with van der Waals surface area (Å²) in [6.45, 7) is 2.87. The normalized spacial score (nSPS) is 12.6. The first-order valence-corrected chi connectivity index (χ1v) is 7.67. The summed E-state index contributed by atoms with van der Waals surface area (Å²) >= 11 is 1.07. The van der Waals surface area contributed by atoms with Crippen molar-refractivity contribution in [2.24, 2.45) is 0 Å². The van der Waals surface area contributed by atoms with Crippen LogP contribution in [0.2, 0.25) is 0 Å². The number of rotatable bonds is 3. The van der Waals surface area contributed by atoms with Crippen LogP contribution in [-0.4, -0.2) is 24.7 Å². The van der Waals surface area contributed by atoms with Gasteiger partial charge in [-0.15, -0.1) is 11.3 Å². The van der Waals surface area contributed by atoms with Crippen molar-refractivity contribution in [1.29, 1.82) is 0 Å². The Morgan fingerprint density at radius 3 is 2.48 bits per heavy atom. The van der Waals surface area contributed by atoms with E-state index in [1.807, 2.05) is 0 Å². The molecule has 0 saturated heterocycles. The first kappa shape index (κ1) is 15.7. The number of carbonyl (C=O) groups is 1. The van der Waals surface area contributed by atoms with E-state index in [2.05, 4.69) is 9.17 Å². The second-order valence-electron chi connectivity index (χ2n) is 4.06. The predicted octanol–water partition coefficient (Wildman–Crippen LogP) is 3.04. The largest absolute Gasteiger partial charge is 0.534 e. The molecule has 2 aromatic rings. The lowest BCUT2D eigenvalue weighted by molar-refractivity contribution is -0.0499. The Kier molecular flexibility index (Phi) is 3.70. The molecular weight excluding hydrogens is 331 g/mol. The van der Waals surface area contributed by atoms with Gasteiger partial charge >= 0.3 is 15.6 Å². The highest BCUT2D eigenvalue weighted by Crippen LogP contribution is 2.35. The minimum absolute atomic E-state index is 0.0852. The highest BCUT2D eigenvalue weighted by molar-refractivity contribution is 7.88. The first-order chi connectivity index (χ1) is 9.53. The van der Waals surface area contributed by atoms with E-state index in [9.17, 15) is 26.4 Å². The number of hydrogen-bond donors (Lipinski definition) is 0. The van der Waals surface area contributed by atoms with Crippen molar-refractivity contribution >= 4 is 37.5 Å². The van der Waals surface area contributed by atoms with Crippen LogP contribution in [0.5, 0.6) is 5.75 Å². The molecule has 5 nitrogen and oxygen atoms in total. The molecule has 0 atom stereocenters. The average Bonchev–Trinajstić information content (AvgIpc) is 2.68. The van der Waals surface area contributed by atoms with Crippen LogP contribution in [0, 0.1) is 6.92 Å². The highest BCUT2D eigenvalue weighted by atomic mass is 32.2. The number of nitrogens with zero attached hydrogens (tertiary/aromatic N) is 1. The van der Waals surface area contributed by atoms with Gasteiger partial charge in [-0.25, -0.2) is 4.98 Å². The van der Waals surface area contributed by atoms with Crippen molar-refractivity contribution in [3.05, 3.63) is 22.7 Å². The molecule has 0 N–H and O–H groups in total. The average molecular weight is 339 g/mol. The Labute approximate surface area is 121 Å². The fourth-order valence-corrected chi connectivity index (χ4v) is 3.06. The van der Waals surface area contributed by atoms with Crippen LogP contribution in [0.15, 0.2) is 12.1 Å². The Morgan fingerprint density at radius 2 is 1.95 bits per heavy atom. The molecule has 2 rings (SSSR count). The summed E-state index contributed by atoms with van der Waals surface area (Å²) in [6, 6.07) is 2.20. The SMILES string of the molecule is CC(=O)c1ccc(OS(=O)(=O)C(F)(F)F)c2nc(C)sc12. The number of aromatic nitrogens is 1. The number of Topliss-reactive ketones (excluding diaryl/α,β-unsaturated/α-hetero) is 1. The van der Waals surface area contributed by atoms with Crippen molar-refractivity contribution in [3.8, 4) is 5.75 Å². The van der Waals surface area contributed by atoms with Gasteiger partial charge in [-0.1, -0.05) is 0 Å². The van der Waals surface area contributed by atoms with Gasteiger partial charge < -0.3 is 4.18 Å². The number of fused-ring (bicyclic) bond motifs is 1. The zero-order valence-corrected chi connectivity index (χ0v) is 12.3. The van der Waals surface area contributed by atoms with Crippen molar-refractivity contribution in [2.75, 3.05) is 0 Å². The second kappa shape index (κ2) is 4.95. The lowest BCUT2D eigenvalue weighted by Gasteiger charge is -2.10. The summed E-state index contributed by atoms with van der Waals surface area (Å²) < 4.78 is 63.5. The van der Waals surface area contributed by atoms with Gasteiger partial charge in [-0.3, -0.25) is 4.79 Å². The summed E-state index contributed by atoms with van der Waals surface area (Å²) in [7, 11) is -5.79. The number of benzene rings is 1. The van der Waals surface area contributed by atoms with E-state index in [4.69, 9.17) is 0 Å². The number of alkyl halides is 3. The van der Waals surface area contributed by atoms with Gasteiger partial charge in [0, 0.05) is 5.56 Å². The van der Waals surface area contributed by atoms with E-state index in [1.165, 1.54) is 13.0 Å². The van der Waals surface area contributed by atoms with E-state index >= 15 is 0 Å². The minimum Gasteiger partial charge on any atom is -0.374 e. The van der Waals surface area contributed by atoms with Gasteiger partial charge in [-0.2, -0.15) is 21.6 Å². The number of ketones is 1. The van der Waals surface area contributed by atoms with Gasteiger partial charge in [0.2, 0.25) is 0 Å². The number of halogens is 3. The van der Waals surface area contributed by atoms with E-state index < -0.39 is 21.4 Å². The third kappa shape index (κ3) is 2.86.